The molecule has 0 spiro atoms. The molecule has 0 saturated carbocycles. The van der Waals surface area contributed by atoms with E-state index in [1.807, 2.05) is 0 Å². The zero-order chi connectivity index (χ0) is 18.3. The van der Waals surface area contributed by atoms with Crippen LogP contribution in [0.3, 0.4) is 0 Å². The van der Waals surface area contributed by atoms with Crippen LogP contribution < -0.4 is 10.2 Å². The first kappa shape index (κ1) is 17.0. The molecule has 3 amide bonds. The van der Waals surface area contributed by atoms with Crippen molar-refractivity contribution in [2.45, 2.75) is 44.8 Å². The summed E-state index contributed by atoms with van der Waals surface area (Å²) in [6, 6.07) is 6.66. The van der Waals surface area contributed by atoms with Gasteiger partial charge in [0.1, 0.15) is 5.75 Å². The van der Waals surface area contributed by atoms with Gasteiger partial charge in [0, 0.05) is 5.56 Å². The molecule has 3 heterocycles. The highest BCUT2D eigenvalue weighted by Crippen LogP contribution is 2.48. The van der Waals surface area contributed by atoms with E-state index in [2.05, 4.69) is 12.3 Å². The maximum Gasteiger partial charge on any atom is 0.270 e. The van der Waals surface area contributed by atoms with E-state index in [-0.39, 0.29) is 24.0 Å². The van der Waals surface area contributed by atoms with Gasteiger partial charge in [0.2, 0.25) is 0 Å². The number of ether oxygens (including phenoxy) is 2. The fraction of sp³-hybridized carbons (Fsp3) is 0.526. The first-order valence-electron chi connectivity index (χ1n) is 9.17. The van der Waals surface area contributed by atoms with Crippen molar-refractivity contribution in [3.05, 3.63) is 29.8 Å². The predicted octanol–water partition coefficient (Wildman–Crippen LogP) is 1.67. The molecule has 3 fully saturated rings. The second-order valence-corrected chi connectivity index (χ2v) is 7.02. The Kier molecular flexibility index (Phi) is 4.40. The number of unbranched alkanes of at least 4 members (excludes halogenated alkanes) is 1. The van der Waals surface area contributed by atoms with Crippen LogP contribution in [0, 0.1) is 11.8 Å². The summed E-state index contributed by atoms with van der Waals surface area (Å²) in [6.07, 6.45) is 3.23. The minimum absolute atomic E-state index is 0.192. The maximum absolute atomic E-state index is 12.5. The molecule has 7 nitrogen and oxygen atoms in total. The second kappa shape index (κ2) is 6.72. The molecular weight excluding hydrogens is 336 g/mol. The van der Waals surface area contributed by atoms with E-state index in [0.717, 1.165) is 30.7 Å². The zero-order valence-electron chi connectivity index (χ0n) is 14.6. The van der Waals surface area contributed by atoms with Crippen LogP contribution in [0.2, 0.25) is 0 Å². The van der Waals surface area contributed by atoms with E-state index in [9.17, 15) is 14.4 Å². The van der Waals surface area contributed by atoms with Crippen molar-refractivity contribution < 1.29 is 23.9 Å². The van der Waals surface area contributed by atoms with Gasteiger partial charge in [-0.1, -0.05) is 13.3 Å². The number of carbonyl (C=O) groups excluding carboxylic acids is 3. The Labute approximate surface area is 151 Å². The van der Waals surface area contributed by atoms with Crippen molar-refractivity contribution >= 4 is 17.7 Å². The highest BCUT2D eigenvalue weighted by molar-refractivity contribution is 6.08. The molecule has 0 radical (unpaired) electrons. The number of hydrogen-bond donors (Lipinski definition) is 1. The average Bonchev–Trinajstić information content (AvgIpc) is 3.32. The summed E-state index contributed by atoms with van der Waals surface area (Å²) in [5.74, 6) is -1.42. The van der Waals surface area contributed by atoms with Crippen molar-refractivity contribution in [3.8, 4) is 5.75 Å². The standard InChI is InChI=1S/C19H22N2O5/c1-2-3-10-25-12-6-4-11(5-7-12)17(22)20-21-18(23)15-13-8-9-14(26-13)16(15)19(21)24/h4-7,13-16H,2-3,8-10H2,1H3,(H,20,22)/t13-,14-,15-,16-/m0/s1. The second-order valence-electron chi connectivity index (χ2n) is 7.02. The molecule has 1 aromatic rings. The van der Waals surface area contributed by atoms with Gasteiger partial charge < -0.3 is 9.47 Å². The van der Waals surface area contributed by atoms with Gasteiger partial charge in [-0.05, 0) is 43.5 Å². The fourth-order valence-electron chi connectivity index (χ4n) is 4.03. The van der Waals surface area contributed by atoms with Crippen molar-refractivity contribution in [2.75, 3.05) is 6.61 Å². The van der Waals surface area contributed by atoms with Gasteiger partial charge in [0.25, 0.3) is 17.7 Å². The van der Waals surface area contributed by atoms with Crippen molar-refractivity contribution in [1.82, 2.24) is 10.4 Å². The molecule has 3 saturated heterocycles. The third-order valence-corrected chi connectivity index (χ3v) is 5.38. The molecule has 4 atom stereocenters. The van der Waals surface area contributed by atoms with Crippen LogP contribution in [0.5, 0.6) is 5.75 Å². The molecule has 0 aromatic heterocycles. The SMILES string of the molecule is CCCCOc1ccc(C(=O)NN2C(=O)[C@@H]3[C@@H](C2=O)[C@@H]2CC[C@@H]3O2)cc1. The topological polar surface area (TPSA) is 84.9 Å². The number of imide groups is 1. The third kappa shape index (κ3) is 2.76. The average molecular weight is 358 g/mol. The van der Waals surface area contributed by atoms with E-state index in [1.165, 1.54) is 0 Å². The van der Waals surface area contributed by atoms with Gasteiger partial charge >= 0.3 is 0 Å². The van der Waals surface area contributed by atoms with Crippen LogP contribution in [-0.4, -0.2) is 41.5 Å². The fourth-order valence-corrected chi connectivity index (χ4v) is 4.03. The highest BCUT2D eigenvalue weighted by atomic mass is 16.5. The summed E-state index contributed by atoms with van der Waals surface area (Å²) >= 11 is 0. The summed E-state index contributed by atoms with van der Waals surface area (Å²) in [4.78, 5) is 37.5. The van der Waals surface area contributed by atoms with Crippen LogP contribution >= 0.6 is 0 Å². The molecule has 3 aliphatic heterocycles. The Bertz CT molecular complexity index is 704. The van der Waals surface area contributed by atoms with Crippen LogP contribution in [0.1, 0.15) is 43.0 Å². The number of carbonyl (C=O) groups is 3. The van der Waals surface area contributed by atoms with E-state index in [4.69, 9.17) is 9.47 Å². The van der Waals surface area contributed by atoms with Gasteiger partial charge in [-0.25, -0.2) is 0 Å². The van der Waals surface area contributed by atoms with E-state index in [1.54, 1.807) is 24.3 Å². The quantitative estimate of drug-likeness (QED) is 0.618. The van der Waals surface area contributed by atoms with Crippen LogP contribution in [0.15, 0.2) is 24.3 Å². The lowest BCUT2D eigenvalue weighted by Crippen LogP contribution is -2.47. The van der Waals surface area contributed by atoms with Crippen molar-refractivity contribution in [3.63, 3.8) is 0 Å². The minimum atomic E-state index is -0.486. The number of benzene rings is 1. The molecule has 1 N–H and O–H groups in total. The number of rotatable bonds is 6. The zero-order valence-corrected chi connectivity index (χ0v) is 14.6. The van der Waals surface area contributed by atoms with Crippen molar-refractivity contribution in [2.24, 2.45) is 11.8 Å². The molecule has 138 valence electrons. The first-order valence-corrected chi connectivity index (χ1v) is 9.17. The highest BCUT2D eigenvalue weighted by Gasteiger charge is 2.62. The summed E-state index contributed by atoms with van der Waals surface area (Å²) in [5.41, 5.74) is 2.83. The van der Waals surface area contributed by atoms with Crippen molar-refractivity contribution in [1.29, 1.82) is 0 Å². The predicted molar refractivity (Wildman–Crippen MR) is 91.0 cm³/mol. The molecule has 26 heavy (non-hydrogen) atoms. The van der Waals surface area contributed by atoms with Gasteiger partial charge in [-0.3, -0.25) is 19.8 Å². The minimum Gasteiger partial charge on any atom is -0.494 e. The number of nitrogens with one attached hydrogen (secondary N) is 1. The van der Waals surface area contributed by atoms with Crippen LogP contribution in [-0.2, 0) is 14.3 Å². The number of amides is 3. The Morgan fingerprint density at radius 3 is 2.35 bits per heavy atom. The largest absolute Gasteiger partial charge is 0.494 e. The molecule has 7 heteroatoms. The lowest BCUT2D eigenvalue weighted by Gasteiger charge is -2.18. The number of nitrogens with zero attached hydrogens (tertiary/aromatic N) is 1. The smallest absolute Gasteiger partial charge is 0.270 e. The normalized spacial score (nSPS) is 29.2. The Balaban J connectivity index is 1.40. The van der Waals surface area contributed by atoms with Gasteiger partial charge in [-0.15, -0.1) is 0 Å². The van der Waals surface area contributed by atoms with E-state index >= 15 is 0 Å². The molecule has 2 bridgehead atoms. The Hall–Kier alpha value is -2.41. The lowest BCUT2D eigenvalue weighted by atomic mass is 9.81. The molecule has 0 aliphatic carbocycles. The lowest BCUT2D eigenvalue weighted by molar-refractivity contribution is -0.145. The molecule has 4 rings (SSSR count). The van der Waals surface area contributed by atoms with Gasteiger partial charge in [-0.2, -0.15) is 5.01 Å². The van der Waals surface area contributed by atoms with Gasteiger partial charge in [0.15, 0.2) is 0 Å². The maximum atomic E-state index is 12.5. The third-order valence-electron chi connectivity index (χ3n) is 5.38. The number of fused-ring (bicyclic) bond motifs is 5. The van der Waals surface area contributed by atoms with Crippen LogP contribution in [0.25, 0.3) is 0 Å². The molecular formula is C19H22N2O5. The number of hydrogen-bond acceptors (Lipinski definition) is 5. The summed E-state index contributed by atoms with van der Waals surface area (Å²) in [5, 5.41) is 0.886. The van der Waals surface area contributed by atoms with E-state index < -0.39 is 17.7 Å². The first-order chi connectivity index (χ1) is 12.6. The Morgan fingerprint density at radius 2 is 1.77 bits per heavy atom. The Morgan fingerprint density at radius 1 is 1.15 bits per heavy atom. The van der Waals surface area contributed by atoms with Crippen LogP contribution in [0.4, 0.5) is 0 Å². The van der Waals surface area contributed by atoms with Gasteiger partial charge in [0.05, 0.1) is 30.7 Å². The summed E-state index contributed by atoms with van der Waals surface area (Å²) in [7, 11) is 0. The number of hydrazine groups is 1. The van der Waals surface area contributed by atoms with E-state index in [0.29, 0.717) is 17.9 Å². The summed E-state index contributed by atoms with van der Waals surface area (Å²) in [6.45, 7) is 2.72. The molecule has 3 aliphatic rings. The molecule has 1 aromatic carbocycles. The molecule has 0 unspecified atom stereocenters. The summed E-state index contributed by atoms with van der Waals surface area (Å²) < 4.78 is 11.2. The monoisotopic (exact) mass is 358 g/mol.